The molecule has 1 rings (SSSR count). The predicted molar refractivity (Wildman–Crippen MR) is 61.2 cm³/mol. The largest absolute Gasteiger partial charge is 0.392 e. The van der Waals surface area contributed by atoms with Crippen LogP contribution >= 0.6 is 23.1 Å². The zero-order valence-electron chi connectivity index (χ0n) is 8.76. The second kappa shape index (κ2) is 4.95. The third-order valence-electron chi connectivity index (χ3n) is 1.74. The van der Waals surface area contributed by atoms with Crippen molar-refractivity contribution in [3.8, 4) is 0 Å². The molecule has 2 atom stereocenters. The van der Waals surface area contributed by atoms with E-state index in [1.165, 1.54) is 0 Å². The zero-order chi connectivity index (χ0) is 10.7. The lowest BCUT2D eigenvalue weighted by Crippen LogP contribution is -2.14. The summed E-state index contributed by atoms with van der Waals surface area (Å²) in [6.07, 6.45) is -0.327. The van der Waals surface area contributed by atoms with Gasteiger partial charge in [-0.3, -0.25) is 0 Å². The van der Waals surface area contributed by atoms with Gasteiger partial charge in [0.05, 0.1) is 6.10 Å². The molecule has 0 aromatic carbocycles. The Labute approximate surface area is 92.3 Å². The average molecular weight is 233 g/mol. The first-order valence-electron chi connectivity index (χ1n) is 4.36. The lowest BCUT2D eigenvalue weighted by atomic mass is 10.3. The van der Waals surface area contributed by atoms with Crippen molar-refractivity contribution in [3.05, 3.63) is 0 Å². The highest BCUT2D eigenvalue weighted by Crippen LogP contribution is 2.30. The van der Waals surface area contributed by atoms with Crippen LogP contribution in [0.25, 0.3) is 0 Å². The smallest absolute Gasteiger partial charge is 0.208 e. The number of hydrogen-bond acceptors (Lipinski definition) is 6. The SMILES string of the molecule is C[C@H](O)[C@H](C)Sc1nnc(N(C)C)s1. The molecule has 1 heterocycles. The summed E-state index contributed by atoms with van der Waals surface area (Å²) in [5.74, 6) is 0. The number of nitrogens with zero attached hydrogens (tertiary/aromatic N) is 3. The second-order valence-corrected chi connectivity index (χ2v) is 5.89. The van der Waals surface area contributed by atoms with Crippen LogP contribution in [0.4, 0.5) is 5.13 Å². The molecule has 0 aliphatic heterocycles. The molecule has 0 fully saturated rings. The maximum Gasteiger partial charge on any atom is 0.208 e. The van der Waals surface area contributed by atoms with Gasteiger partial charge in [-0.15, -0.1) is 10.2 Å². The van der Waals surface area contributed by atoms with E-state index in [1.807, 2.05) is 25.9 Å². The number of hydrogen-bond donors (Lipinski definition) is 1. The van der Waals surface area contributed by atoms with Gasteiger partial charge in [0, 0.05) is 19.3 Å². The summed E-state index contributed by atoms with van der Waals surface area (Å²) in [6, 6.07) is 0. The van der Waals surface area contributed by atoms with E-state index < -0.39 is 0 Å². The highest BCUT2D eigenvalue weighted by atomic mass is 32.2. The van der Waals surface area contributed by atoms with Crippen molar-refractivity contribution < 1.29 is 5.11 Å². The van der Waals surface area contributed by atoms with Crippen LogP contribution in [-0.2, 0) is 0 Å². The minimum absolute atomic E-state index is 0.151. The second-order valence-electron chi connectivity index (χ2n) is 3.31. The Morgan fingerprint density at radius 1 is 1.36 bits per heavy atom. The summed E-state index contributed by atoms with van der Waals surface area (Å²) in [7, 11) is 3.88. The van der Waals surface area contributed by atoms with E-state index in [1.54, 1.807) is 30.0 Å². The van der Waals surface area contributed by atoms with E-state index in [4.69, 9.17) is 0 Å². The Hall–Kier alpha value is -0.330. The van der Waals surface area contributed by atoms with Crippen molar-refractivity contribution in [2.24, 2.45) is 0 Å². The molecule has 0 aliphatic carbocycles. The van der Waals surface area contributed by atoms with Crippen LogP contribution in [0.1, 0.15) is 13.8 Å². The summed E-state index contributed by atoms with van der Waals surface area (Å²) in [5, 5.41) is 18.4. The minimum atomic E-state index is -0.327. The molecular weight excluding hydrogens is 218 g/mol. The lowest BCUT2D eigenvalue weighted by molar-refractivity contribution is 0.196. The molecule has 0 saturated carbocycles. The summed E-state index contributed by atoms with van der Waals surface area (Å²) >= 11 is 3.10. The molecule has 0 spiro atoms. The summed E-state index contributed by atoms with van der Waals surface area (Å²) in [5.41, 5.74) is 0. The molecule has 4 nitrogen and oxygen atoms in total. The Balaban J connectivity index is 2.60. The monoisotopic (exact) mass is 233 g/mol. The van der Waals surface area contributed by atoms with Crippen molar-refractivity contribution in [2.75, 3.05) is 19.0 Å². The van der Waals surface area contributed by atoms with Gasteiger partial charge in [-0.1, -0.05) is 30.0 Å². The molecule has 0 radical (unpaired) electrons. The highest BCUT2D eigenvalue weighted by molar-refractivity contribution is 8.01. The van der Waals surface area contributed by atoms with Gasteiger partial charge in [0.2, 0.25) is 5.13 Å². The van der Waals surface area contributed by atoms with Crippen molar-refractivity contribution >= 4 is 28.2 Å². The molecule has 1 aromatic rings. The van der Waals surface area contributed by atoms with Crippen molar-refractivity contribution in [2.45, 2.75) is 29.5 Å². The van der Waals surface area contributed by atoms with Gasteiger partial charge >= 0.3 is 0 Å². The van der Waals surface area contributed by atoms with Gasteiger partial charge in [0.1, 0.15) is 0 Å². The summed E-state index contributed by atoms with van der Waals surface area (Å²) < 4.78 is 0.905. The van der Waals surface area contributed by atoms with Gasteiger partial charge < -0.3 is 10.0 Å². The van der Waals surface area contributed by atoms with Crippen LogP contribution in [0.3, 0.4) is 0 Å². The quantitative estimate of drug-likeness (QED) is 0.798. The Morgan fingerprint density at radius 2 is 2.00 bits per heavy atom. The molecule has 0 aliphatic rings. The van der Waals surface area contributed by atoms with E-state index >= 15 is 0 Å². The lowest BCUT2D eigenvalue weighted by Gasteiger charge is -2.10. The van der Waals surface area contributed by atoms with Gasteiger partial charge in [-0.05, 0) is 6.92 Å². The zero-order valence-corrected chi connectivity index (χ0v) is 10.4. The first kappa shape index (κ1) is 11.7. The van der Waals surface area contributed by atoms with Gasteiger partial charge in [0.15, 0.2) is 4.34 Å². The minimum Gasteiger partial charge on any atom is -0.392 e. The molecular formula is C8H15N3OS2. The van der Waals surface area contributed by atoms with E-state index in [0.29, 0.717) is 0 Å². The standard InChI is InChI=1S/C8H15N3OS2/c1-5(12)6(2)13-8-10-9-7(14-8)11(3)4/h5-6,12H,1-4H3/t5-,6-/m0/s1. The molecule has 1 aromatic heterocycles. The summed E-state index contributed by atoms with van der Waals surface area (Å²) in [6.45, 7) is 3.76. The van der Waals surface area contributed by atoms with E-state index in [9.17, 15) is 5.11 Å². The molecule has 1 N–H and O–H groups in total. The highest BCUT2D eigenvalue weighted by Gasteiger charge is 2.14. The maximum atomic E-state index is 9.32. The molecule has 0 unspecified atom stereocenters. The van der Waals surface area contributed by atoms with Crippen LogP contribution in [0.2, 0.25) is 0 Å². The molecule has 14 heavy (non-hydrogen) atoms. The Kier molecular flexibility index (Phi) is 4.15. The normalized spacial score (nSPS) is 15.2. The predicted octanol–water partition coefficient (Wildman–Crippen LogP) is 1.47. The van der Waals surface area contributed by atoms with Crippen LogP contribution in [-0.4, -0.2) is 40.8 Å². The maximum absolute atomic E-state index is 9.32. The number of aliphatic hydroxyl groups is 1. The fraction of sp³-hybridized carbons (Fsp3) is 0.750. The van der Waals surface area contributed by atoms with E-state index in [-0.39, 0.29) is 11.4 Å². The van der Waals surface area contributed by atoms with Gasteiger partial charge in [0.25, 0.3) is 0 Å². The Morgan fingerprint density at radius 3 is 2.43 bits per heavy atom. The number of thioether (sulfide) groups is 1. The van der Waals surface area contributed by atoms with Crippen molar-refractivity contribution in [3.63, 3.8) is 0 Å². The van der Waals surface area contributed by atoms with Crippen molar-refractivity contribution in [1.29, 1.82) is 0 Å². The third-order valence-corrected chi connectivity index (χ3v) is 4.22. The van der Waals surface area contributed by atoms with Crippen LogP contribution in [0, 0.1) is 0 Å². The first-order valence-corrected chi connectivity index (χ1v) is 6.06. The molecule has 0 bridgehead atoms. The summed E-state index contributed by atoms with van der Waals surface area (Å²) in [4.78, 5) is 1.93. The van der Waals surface area contributed by atoms with Crippen molar-refractivity contribution in [1.82, 2.24) is 10.2 Å². The third kappa shape index (κ3) is 3.11. The number of aromatic nitrogens is 2. The van der Waals surface area contributed by atoms with Crippen LogP contribution < -0.4 is 4.90 Å². The fourth-order valence-electron chi connectivity index (χ4n) is 0.688. The first-order chi connectivity index (χ1) is 6.50. The molecule has 6 heteroatoms. The number of rotatable bonds is 4. The molecule has 0 saturated heterocycles. The Bertz CT molecular complexity index is 288. The van der Waals surface area contributed by atoms with Crippen LogP contribution in [0.15, 0.2) is 4.34 Å². The van der Waals surface area contributed by atoms with Gasteiger partial charge in [-0.25, -0.2) is 0 Å². The average Bonchev–Trinajstić information content (AvgIpc) is 2.52. The number of aliphatic hydroxyl groups excluding tert-OH is 1. The molecule has 80 valence electrons. The fourth-order valence-corrected chi connectivity index (χ4v) is 2.66. The van der Waals surface area contributed by atoms with Crippen LogP contribution in [0.5, 0.6) is 0 Å². The van der Waals surface area contributed by atoms with Gasteiger partial charge in [-0.2, -0.15) is 0 Å². The van der Waals surface area contributed by atoms with E-state index in [0.717, 1.165) is 9.47 Å². The van der Waals surface area contributed by atoms with E-state index in [2.05, 4.69) is 10.2 Å². The molecule has 0 amide bonds. The topological polar surface area (TPSA) is 49.3 Å². The number of anilines is 1.